The Bertz CT molecular complexity index is 934. The molecule has 0 aliphatic heterocycles. The average molecular weight is 487 g/mol. The molecule has 0 bridgehead atoms. The highest BCUT2D eigenvalue weighted by atomic mass is 127. The number of aryl methyl sites for hydroxylation is 1. The van der Waals surface area contributed by atoms with Crippen LogP contribution in [0.1, 0.15) is 49.6 Å². The van der Waals surface area contributed by atoms with E-state index in [1.54, 1.807) is 6.08 Å². The Morgan fingerprint density at radius 2 is 1.93 bits per heavy atom. The Kier molecular flexibility index (Phi) is 6.61. The summed E-state index contributed by atoms with van der Waals surface area (Å²) in [5.74, 6) is 0.198. The van der Waals surface area contributed by atoms with Gasteiger partial charge in [0, 0.05) is 26.7 Å². The fourth-order valence-electron chi connectivity index (χ4n) is 4.00. The second-order valence-corrected chi connectivity index (χ2v) is 8.90. The number of halogens is 1. The maximum Gasteiger partial charge on any atom is 0.262 e. The Morgan fingerprint density at radius 1 is 1.25 bits per heavy atom. The quantitative estimate of drug-likeness (QED) is 0.362. The normalized spacial score (nSPS) is 19.9. The predicted octanol–water partition coefficient (Wildman–Crippen LogP) is 5.30. The van der Waals surface area contributed by atoms with Crippen LogP contribution in [-0.2, 0) is 4.79 Å². The van der Waals surface area contributed by atoms with Crippen molar-refractivity contribution in [1.82, 2.24) is 9.88 Å². The maximum absolute atomic E-state index is 12.7. The van der Waals surface area contributed by atoms with Crippen LogP contribution in [-0.4, -0.2) is 16.5 Å². The second kappa shape index (κ2) is 8.95. The lowest BCUT2D eigenvalue weighted by Crippen LogP contribution is -2.41. The van der Waals surface area contributed by atoms with Crippen LogP contribution in [0.15, 0.2) is 35.9 Å². The summed E-state index contributed by atoms with van der Waals surface area (Å²) < 4.78 is 3.34. The summed E-state index contributed by atoms with van der Waals surface area (Å²) in [6, 6.07) is 12.6. The summed E-state index contributed by atoms with van der Waals surface area (Å²) in [6.45, 7) is 6.24. The fraction of sp³-hybridized carbons (Fsp3) is 0.391. The molecule has 0 saturated heterocycles. The van der Waals surface area contributed by atoms with E-state index in [1.165, 1.54) is 9.99 Å². The van der Waals surface area contributed by atoms with Gasteiger partial charge in [0.1, 0.15) is 11.6 Å². The van der Waals surface area contributed by atoms with Gasteiger partial charge in [-0.2, -0.15) is 5.26 Å². The van der Waals surface area contributed by atoms with E-state index in [4.69, 9.17) is 0 Å². The molecule has 1 N–H and O–H groups in total. The minimum atomic E-state index is -0.264. The van der Waals surface area contributed by atoms with Crippen molar-refractivity contribution in [2.75, 3.05) is 0 Å². The van der Waals surface area contributed by atoms with Gasteiger partial charge in [0.15, 0.2) is 0 Å². The fourth-order valence-corrected chi connectivity index (χ4v) is 4.36. The Morgan fingerprint density at radius 3 is 2.57 bits per heavy atom. The van der Waals surface area contributed by atoms with Gasteiger partial charge in [-0.1, -0.05) is 19.8 Å². The Hall–Kier alpha value is -2.07. The number of carbonyl (C=O) groups excluding carboxylic acids is 1. The molecule has 4 nitrogen and oxygen atoms in total. The van der Waals surface area contributed by atoms with E-state index in [1.807, 2.05) is 19.9 Å². The molecule has 5 heteroatoms. The zero-order chi connectivity index (χ0) is 20.3. The van der Waals surface area contributed by atoms with Crippen LogP contribution in [0.25, 0.3) is 11.8 Å². The van der Waals surface area contributed by atoms with Gasteiger partial charge in [-0.3, -0.25) is 4.79 Å². The molecule has 1 aromatic heterocycles. The number of nitriles is 1. The van der Waals surface area contributed by atoms with Crippen LogP contribution < -0.4 is 5.32 Å². The third-order valence-corrected chi connectivity index (χ3v) is 6.37. The van der Waals surface area contributed by atoms with Crippen molar-refractivity contribution in [3.63, 3.8) is 0 Å². The SMILES string of the molecule is Cc1cc(/C=C(\C#N)C(=O)N[C@H]2CCCC[C@H]2C)c(C)n1-c1ccc(I)cc1. The number of hydrogen-bond donors (Lipinski definition) is 1. The lowest BCUT2D eigenvalue weighted by molar-refractivity contribution is -0.118. The van der Waals surface area contributed by atoms with Crippen molar-refractivity contribution in [3.8, 4) is 11.8 Å². The van der Waals surface area contributed by atoms with Crippen LogP contribution in [0.3, 0.4) is 0 Å². The average Bonchev–Trinajstić information content (AvgIpc) is 2.95. The summed E-state index contributed by atoms with van der Waals surface area (Å²) in [4.78, 5) is 12.7. The van der Waals surface area contributed by atoms with Gasteiger partial charge < -0.3 is 9.88 Å². The molecular formula is C23H26IN3O. The predicted molar refractivity (Wildman–Crippen MR) is 121 cm³/mol. The van der Waals surface area contributed by atoms with Crippen LogP contribution in [0.4, 0.5) is 0 Å². The zero-order valence-corrected chi connectivity index (χ0v) is 18.8. The highest BCUT2D eigenvalue weighted by molar-refractivity contribution is 14.1. The number of benzene rings is 1. The van der Waals surface area contributed by atoms with Crippen LogP contribution in [0.5, 0.6) is 0 Å². The molecule has 1 amide bonds. The van der Waals surface area contributed by atoms with Gasteiger partial charge in [0.25, 0.3) is 5.91 Å². The second-order valence-electron chi connectivity index (χ2n) is 7.65. The summed E-state index contributed by atoms with van der Waals surface area (Å²) >= 11 is 2.29. The van der Waals surface area contributed by atoms with Gasteiger partial charge in [-0.05, 0) is 97.2 Å². The first-order valence-electron chi connectivity index (χ1n) is 9.78. The monoisotopic (exact) mass is 487 g/mol. The third kappa shape index (κ3) is 4.49. The summed E-state index contributed by atoms with van der Waals surface area (Å²) in [5.41, 5.74) is 4.24. The van der Waals surface area contributed by atoms with Crippen molar-refractivity contribution >= 4 is 34.6 Å². The van der Waals surface area contributed by atoms with Crippen molar-refractivity contribution in [1.29, 1.82) is 5.26 Å². The smallest absolute Gasteiger partial charge is 0.262 e. The number of amides is 1. The molecule has 1 heterocycles. The molecule has 28 heavy (non-hydrogen) atoms. The third-order valence-electron chi connectivity index (χ3n) is 5.65. The van der Waals surface area contributed by atoms with E-state index >= 15 is 0 Å². The molecular weight excluding hydrogens is 461 g/mol. The van der Waals surface area contributed by atoms with Crippen molar-refractivity contribution in [2.45, 2.75) is 52.5 Å². The van der Waals surface area contributed by atoms with E-state index in [2.05, 4.69) is 69.7 Å². The molecule has 146 valence electrons. The number of hydrogen-bond acceptors (Lipinski definition) is 2. The highest BCUT2D eigenvalue weighted by Gasteiger charge is 2.24. The summed E-state index contributed by atoms with van der Waals surface area (Å²) in [7, 11) is 0. The van der Waals surface area contributed by atoms with Crippen LogP contribution >= 0.6 is 22.6 Å². The molecule has 1 fully saturated rings. The van der Waals surface area contributed by atoms with Gasteiger partial charge in [-0.25, -0.2) is 0 Å². The van der Waals surface area contributed by atoms with E-state index in [-0.39, 0.29) is 17.5 Å². The molecule has 2 atom stereocenters. The molecule has 1 aromatic carbocycles. The first kappa shape index (κ1) is 20.7. The van der Waals surface area contributed by atoms with Gasteiger partial charge in [-0.15, -0.1) is 0 Å². The largest absolute Gasteiger partial charge is 0.348 e. The van der Waals surface area contributed by atoms with E-state index in [9.17, 15) is 10.1 Å². The molecule has 0 unspecified atom stereocenters. The molecule has 1 aliphatic carbocycles. The van der Waals surface area contributed by atoms with Crippen LogP contribution in [0.2, 0.25) is 0 Å². The van der Waals surface area contributed by atoms with Crippen molar-refractivity contribution < 1.29 is 4.79 Å². The zero-order valence-electron chi connectivity index (χ0n) is 16.6. The van der Waals surface area contributed by atoms with Crippen LogP contribution in [0, 0.1) is 34.7 Å². The molecule has 2 aromatic rings. The lowest BCUT2D eigenvalue weighted by atomic mass is 9.86. The first-order valence-corrected chi connectivity index (χ1v) is 10.9. The Labute approximate surface area is 180 Å². The molecule has 0 spiro atoms. The number of nitrogens with one attached hydrogen (secondary N) is 1. The van der Waals surface area contributed by atoms with E-state index in [0.717, 1.165) is 41.9 Å². The van der Waals surface area contributed by atoms with E-state index in [0.29, 0.717) is 5.92 Å². The highest BCUT2D eigenvalue weighted by Crippen LogP contribution is 2.25. The Balaban J connectivity index is 1.86. The van der Waals surface area contributed by atoms with Gasteiger partial charge in [0.05, 0.1) is 0 Å². The topological polar surface area (TPSA) is 57.8 Å². The minimum absolute atomic E-state index is 0.164. The lowest BCUT2D eigenvalue weighted by Gasteiger charge is -2.29. The molecule has 1 aliphatic rings. The van der Waals surface area contributed by atoms with Gasteiger partial charge >= 0.3 is 0 Å². The molecule has 0 radical (unpaired) electrons. The van der Waals surface area contributed by atoms with Crippen molar-refractivity contribution in [3.05, 3.63) is 56.4 Å². The number of rotatable bonds is 4. The maximum atomic E-state index is 12.7. The molecule has 1 saturated carbocycles. The van der Waals surface area contributed by atoms with Gasteiger partial charge in [0.2, 0.25) is 0 Å². The number of aromatic nitrogens is 1. The molecule has 3 rings (SSSR count). The standard InChI is InChI=1S/C23H26IN3O/c1-15-6-4-5-7-22(15)26-23(28)19(14-25)13-18-12-16(2)27(17(18)3)21-10-8-20(24)9-11-21/h8-13,15,22H,4-7H2,1-3H3,(H,26,28)/b19-13+/t15-,22+/m1/s1. The summed E-state index contributed by atoms with van der Waals surface area (Å²) in [5, 5.41) is 12.7. The summed E-state index contributed by atoms with van der Waals surface area (Å²) in [6.07, 6.45) is 6.20. The number of carbonyl (C=O) groups is 1. The minimum Gasteiger partial charge on any atom is -0.348 e. The van der Waals surface area contributed by atoms with Crippen molar-refractivity contribution in [2.24, 2.45) is 5.92 Å². The number of nitrogens with zero attached hydrogens (tertiary/aromatic N) is 2. The first-order chi connectivity index (χ1) is 13.4. The van der Waals surface area contributed by atoms with E-state index < -0.39 is 0 Å².